The van der Waals surface area contributed by atoms with Crippen molar-refractivity contribution in [2.24, 2.45) is 11.7 Å². The van der Waals surface area contributed by atoms with Gasteiger partial charge < -0.3 is 11.1 Å². The lowest BCUT2D eigenvalue weighted by Gasteiger charge is -2.35. The van der Waals surface area contributed by atoms with Crippen LogP contribution in [-0.2, 0) is 4.79 Å². The first-order valence-electron chi connectivity index (χ1n) is 7.11. The minimum absolute atomic E-state index is 0.0915. The topological polar surface area (TPSA) is 83.8 Å². The van der Waals surface area contributed by atoms with E-state index in [1.807, 2.05) is 18.2 Å². The van der Waals surface area contributed by atoms with Crippen molar-refractivity contribution in [2.75, 3.05) is 5.32 Å². The number of nitrogens with zero attached hydrogens (tertiary/aromatic N) is 1. The number of H-pyrrole nitrogens is 1. The molecular formula is C15H20N4O. The Balaban J connectivity index is 1.83. The van der Waals surface area contributed by atoms with Gasteiger partial charge in [-0.05, 0) is 24.8 Å². The number of hydrogen-bond donors (Lipinski definition) is 3. The number of para-hydroxylation sites is 1. The molecule has 2 unspecified atom stereocenters. The van der Waals surface area contributed by atoms with Gasteiger partial charge in [0.2, 0.25) is 5.91 Å². The molecular weight excluding hydrogens is 252 g/mol. The largest absolute Gasteiger partial charge is 0.323 e. The maximum Gasteiger partial charge on any atom is 0.244 e. The smallest absolute Gasteiger partial charge is 0.244 e. The van der Waals surface area contributed by atoms with Crippen molar-refractivity contribution < 1.29 is 4.79 Å². The van der Waals surface area contributed by atoms with Crippen LogP contribution in [0.15, 0.2) is 24.4 Å². The van der Waals surface area contributed by atoms with Gasteiger partial charge in [-0.2, -0.15) is 5.10 Å². The van der Waals surface area contributed by atoms with Gasteiger partial charge in [0.25, 0.3) is 0 Å². The molecule has 2 aromatic rings. The van der Waals surface area contributed by atoms with Crippen LogP contribution < -0.4 is 11.1 Å². The Kier molecular flexibility index (Phi) is 3.22. The van der Waals surface area contributed by atoms with Gasteiger partial charge in [-0.15, -0.1) is 0 Å². The molecule has 4 N–H and O–H groups in total. The number of rotatable bonds is 2. The highest BCUT2D eigenvalue weighted by Gasteiger charge is 2.38. The molecule has 1 aromatic carbocycles. The fraction of sp³-hybridized carbons (Fsp3) is 0.467. The Labute approximate surface area is 117 Å². The van der Waals surface area contributed by atoms with Crippen LogP contribution in [0.4, 0.5) is 5.69 Å². The maximum absolute atomic E-state index is 12.5. The highest BCUT2D eigenvalue weighted by molar-refractivity contribution is 6.04. The van der Waals surface area contributed by atoms with Gasteiger partial charge in [0.15, 0.2) is 0 Å². The zero-order chi connectivity index (χ0) is 14.2. The molecule has 1 aliphatic rings. The van der Waals surface area contributed by atoms with Gasteiger partial charge in [-0.3, -0.25) is 9.89 Å². The van der Waals surface area contributed by atoms with Gasteiger partial charge >= 0.3 is 0 Å². The number of fused-ring (bicyclic) bond motifs is 1. The van der Waals surface area contributed by atoms with Crippen molar-refractivity contribution in [1.29, 1.82) is 0 Å². The minimum atomic E-state index is -0.750. The van der Waals surface area contributed by atoms with Gasteiger partial charge in [-0.25, -0.2) is 0 Å². The third kappa shape index (κ3) is 2.29. The number of hydrogen-bond acceptors (Lipinski definition) is 3. The zero-order valence-corrected chi connectivity index (χ0v) is 11.6. The van der Waals surface area contributed by atoms with E-state index >= 15 is 0 Å². The van der Waals surface area contributed by atoms with E-state index in [2.05, 4.69) is 22.4 Å². The molecule has 1 saturated carbocycles. The van der Waals surface area contributed by atoms with Crippen LogP contribution in [0.2, 0.25) is 0 Å². The summed E-state index contributed by atoms with van der Waals surface area (Å²) in [7, 11) is 0. The molecule has 5 heteroatoms. The maximum atomic E-state index is 12.5. The molecule has 0 saturated heterocycles. The molecule has 3 rings (SSSR count). The van der Waals surface area contributed by atoms with Crippen LogP contribution in [0.3, 0.4) is 0 Å². The number of nitrogens with one attached hydrogen (secondary N) is 2. The van der Waals surface area contributed by atoms with Crippen molar-refractivity contribution >= 4 is 22.5 Å². The first kappa shape index (κ1) is 13.1. The van der Waals surface area contributed by atoms with E-state index in [-0.39, 0.29) is 5.91 Å². The third-order valence-electron chi connectivity index (χ3n) is 4.21. The standard InChI is InChI=1S/C15H20N4O/c1-10-4-3-7-15(16,8-10)14(20)18-12-6-2-5-11-9-17-19-13(11)12/h2,5-6,9-10H,3-4,7-8,16H2,1H3,(H,17,19)(H,18,20). The van der Waals surface area contributed by atoms with Crippen molar-refractivity contribution in [1.82, 2.24) is 10.2 Å². The monoisotopic (exact) mass is 272 g/mol. The highest BCUT2D eigenvalue weighted by Crippen LogP contribution is 2.32. The fourth-order valence-corrected chi connectivity index (χ4v) is 3.12. The summed E-state index contributed by atoms with van der Waals surface area (Å²) >= 11 is 0. The van der Waals surface area contributed by atoms with Crippen LogP contribution in [0.5, 0.6) is 0 Å². The fourth-order valence-electron chi connectivity index (χ4n) is 3.12. The van der Waals surface area contributed by atoms with Crippen molar-refractivity contribution in [3.63, 3.8) is 0 Å². The number of amides is 1. The molecule has 0 aliphatic heterocycles. The Morgan fingerprint density at radius 1 is 1.55 bits per heavy atom. The number of aromatic nitrogens is 2. The van der Waals surface area contributed by atoms with Gasteiger partial charge in [0.05, 0.1) is 22.9 Å². The second-order valence-corrected chi connectivity index (χ2v) is 5.95. The van der Waals surface area contributed by atoms with Crippen molar-refractivity contribution in [2.45, 2.75) is 38.1 Å². The SMILES string of the molecule is CC1CCCC(N)(C(=O)Nc2cccc3cn[nH]c23)C1. The predicted octanol–water partition coefficient (Wildman–Crippen LogP) is 2.41. The Bertz CT molecular complexity index is 636. The van der Waals surface area contributed by atoms with Crippen LogP contribution in [0, 0.1) is 5.92 Å². The number of carbonyl (C=O) groups is 1. The zero-order valence-electron chi connectivity index (χ0n) is 11.6. The number of aromatic amines is 1. The summed E-state index contributed by atoms with van der Waals surface area (Å²) < 4.78 is 0. The molecule has 1 aromatic heterocycles. The average molecular weight is 272 g/mol. The molecule has 1 aliphatic carbocycles. The number of carbonyl (C=O) groups excluding carboxylic acids is 1. The summed E-state index contributed by atoms with van der Waals surface area (Å²) in [5.41, 5.74) is 7.16. The summed E-state index contributed by atoms with van der Waals surface area (Å²) in [4.78, 5) is 12.5. The van der Waals surface area contributed by atoms with Gasteiger partial charge in [0.1, 0.15) is 0 Å². The second-order valence-electron chi connectivity index (χ2n) is 5.95. The Hall–Kier alpha value is -1.88. The summed E-state index contributed by atoms with van der Waals surface area (Å²) in [6, 6.07) is 5.73. The molecule has 0 radical (unpaired) electrons. The Morgan fingerprint density at radius 2 is 2.40 bits per heavy atom. The molecule has 1 amide bonds. The Morgan fingerprint density at radius 3 is 3.20 bits per heavy atom. The summed E-state index contributed by atoms with van der Waals surface area (Å²) in [5.74, 6) is 0.411. The summed E-state index contributed by atoms with van der Waals surface area (Å²) in [5, 5.41) is 10.9. The summed E-state index contributed by atoms with van der Waals surface area (Å²) in [6.45, 7) is 2.16. The lowest BCUT2D eigenvalue weighted by Crippen LogP contribution is -2.53. The summed E-state index contributed by atoms with van der Waals surface area (Å²) in [6.07, 6.45) is 5.41. The van der Waals surface area contributed by atoms with E-state index in [1.165, 1.54) is 0 Å². The molecule has 5 nitrogen and oxygen atoms in total. The van der Waals surface area contributed by atoms with E-state index in [9.17, 15) is 4.79 Å². The molecule has 20 heavy (non-hydrogen) atoms. The molecule has 2 atom stereocenters. The molecule has 0 bridgehead atoms. The molecule has 1 heterocycles. The number of anilines is 1. The van der Waals surface area contributed by atoms with Crippen LogP contribution >= 0.6 is 0 Å². The highest BCUT2D eigenvalue weighted by atomic mass is 16.2. The van der Waals surface area contributed by atoms with Crippen molar-refractivity contribution in [3.8, 4) is 0 Å². The van der Waals surface area contributed by atoms with Gasteiger partial charge in [0, 0.05) is 5.39 Å². The predicted molar refractivity (Wildman–Crippen MR) is 79.3 cm³/mol. The van der Waals surface area contributed by atoms with Crippen molar-refractivity contribution in [3.05, 3.63) is 24.4 Å². The molecule has 1 fully saturated rings. The normalized spacial score (nSPS) is 26.6. The lowest BCUT2D eigenvalue weighted by atomic mass is 9.76. The minimum Gasteiger partial charge on any atom is -0.323 e. The van der Waals surface area contributed by atoms with Crippen LogP contribution in [0.1, 0.15) is 32.6 Å². The molecule has 0 spiro atoms. The van der Waals surface area contributed by atoms with E-state index < -0.39 is 5.54 Å². The first-order chi connectivity index (χ1) is 9.58. The van der Waals surface area contributed by atoms with E-state index in [0.29, 0.717) is 5.92 Å². The number of benzene rings is 1. The third-order valence-corrected chi connectivity index (χ3v) is 4.21. The van der Waals surface area contributed by atoms with E-state index in [0.717, 1.165) is 42.3 Å². The van der Waals surface area contributed by atoms with E-state index in [1.54, 1.807) is 6.20 Å². The number of nitrogens with two attached hydrogens (primary N) is 1. The first-order valence-corrected chi connectivity index (χ1v) is 7.11. The van der Waals surface area contributed by atoms with E-state index in [4.69, 9.17) is 5.73 Å². The van der Waals surface area contributed by atoms with Gasteiger partial charge in [-0.1, -0.05) is 31.9 Å². The van der Waals surface area contributed by atoms with Crippen LogP contribution in [0.25, 0.3) is 10.9 Å². The lowest BCUT2D eigenvalue weighted by molar-refractivity contribution is -0.122. The quantitative estimate of drug-likeness (QED) is 0.785. The average Bonchev–Trinajstić information content (AvgIpc) is 2.87. The van der Waals surface area contributed by atoms with Crippen LogP contribution in [-0.4, -0.2) is 21.6 Å². The second kappa shape index (κ2) is 4.90. The molecule has 106 valence electrons.